The molecule has 4 nitrogen and oxygen atoms in total. The van der Waals surface area contributed by atoms with Gasteiger partial charge in [-0.2, -0.15) is 0 Å². The number of carbonyl (C=O) groups is 1. The van der Waals surface area contributed by atoms with Gasteiger partial charge in [0.2, 0.25) is 5.91 Å². The van der Waals surface area contributed by atoms with E-state index in [4.69, 9.17) is 4.74 Å². The van der Waals surface area contributed by atoms with Crippen LogP contribution in [0.15, 0.2) is 42.7 Å². The van der Waals surface area contributed by atoms with Crippen molar-refractivity contribution in [3.8, 4) is 5.75 Å². The fourth-order valence-electron chi connectivity index (χ4n) is 3.49. The third-order valence-electron chi connectivity index (χ3n) is 4.56. The third-order valence-corrected chi connectivity index (χ3v) is 4.56. The van der Waals surface area contributed by atoms with Crippen LogP contribution in [0.2, 0.25) is 0 Å². The van der Waals surface area contributed by atoms with Crippen molar-refractivity contribution in [2.24, 2.45) is 0 Å². The van der Waals surface area contributed by atoms with Gasteiger partial charge in [-0.1, -0.05) is 24.3 Å². The Morgan fingerprint density at radius 1 is 1.27 bits per heavy atom. The molecule has 4 rings (SSSR count). The Hall–Kier alpha value is -2.36. The summed E-state index contributed by atoms with van der Waals surface area (Å²) in [6, 6.07) is 10.1. The van der Waals surface area contributed by atoms with E-state index in [1.54, 1.807) is 12.4 Å². The van der Waals surface area contributed by atoms with Crippen molar-refractivity contribution in [3.63, 3.8) is 0 Å². The first-order valence-electron chi connectivity index (χ1n) is 7.80. The summed E-state index contributed by atoms with van der Waals surface area (Å²) in [4.78, 5) is 19.1. The fourth-order valence-corrected chi connectivity index (χ4v) is 3.49. The highest BCUT2D eigenvalue weighted by Gasteiger charge is 2.33. The predicted molar refractivity (Wildman–Crippen MR) is 84.2 cm³/mol. The van der Waals surface area contributed by atoms with Crippen molar-refractivity contribution in [1.82, 2.24) is 4.98 Å². The molecule has 1 unspecified atom stereocenters. The summed E-state index contributed by atoms with van der Waals surface area (Å²) in [5.41, 5.74) is 3.30. The zero-order valence-electron chi connectivity index (χ0n) is 12.4. The molecular formula is C18H18N2O2. The van der Waals surface area contributed by atoms with Crippen LogP contribution in [0.5, 0.6) is 5.75 Å². The lowest BCUT2D eigenvalue weighted by molar-refractivity contribution is -0.120. The zero-order valence-corrected chi connectivity index (χ0v) is 12.4. The van der Waals surface area contributed by atoms with E-state index in [1.165, 1.54) is 11.1 Å². The topological polar surface area (TPSA) is 42.4 Å². The maximum atomic E-state index is 13.1. The van der Waals surface area contributed by atoms with E-state index in [0.29, 0.717) is 13.2 Å². The molecule has 1 aromatic carbocycles. The van der Waals surface area contributed by atoms with E-state index in [1.807, 2.05) is 17.0 Å². The van der Waals surface area contributed by atoms with E-state index in [-0.39, 0.29) is 11.8 Å². The minimum Gasteiger partial charge on any atom is -0.489 e. The molecule has 0 radical (unpaired) electrons. The van der Waals surface area contributed by atoms with E-state index >= 15 is 0 Å². The molecular weight excluding hydrogens is 276 g/mol. The van der Waals surface area contributed by atoms with Crippen LogP contribution in [0.25, 0.3) is 0 Å². The Balaban J connectivity index is 1.69. The molecule has 0 fully saturated rings. The van der Waals surface area contributed by atoms with Gasteiger partial charge in [-0.05, 0) is 30.4 Å². The summed E-state index contributed by atoms with van der Waals surface area (Å²) < 4.78 is 5.63. The van der Waals surface area contributed by atoms with E-state index in [0.717, 1.165) is 30.7 Å². The summed E-state index contributed by atoms with van der Waals surface area (Å²) in [6.07, 6.45) is 6.48. The molecule has 22 heavy (non-hydrogen) atoms. The first-order chi connectivity index (χ1) is 10.8. The highest BCUT2D eigenvalue weighted by molar-refractivity contribution is 5.99. The van der Waals surface area contributed by atoms with Crippen LogP contribution in [-0.4, -0.2) is 24.0 Å². The van der Waals surface area contributed by atoms with E-state index in [2.05, 4.69) is 23.2 Å². The number of rotatable bonds is 1. The zero-order chi connectivity index (χ0) is 14.9. The number of hydrogen-bond donors (Lipinski definition) is 0. The van der Waals surface area contributed by atoms with Crippen molar-refractivity contribution in [2.75, 3.05) is 18.1 Å². The molecule has 1 amide bonds. The minimum atomic E-state index is -0.0453. The molecule has 112 valence electrons. The van der Waals surface area contributed by atoms with Crippen LogP contribution in [-0.2, 0) is 11.2 Å². The van der Waals surface area contributed by atoms with Gasteiger partial charge >= 0.3 is 0 Å². The number of aryl methyl sites for hydroxylation is 1. The monoisotopic (exact) mass is 294 g/mol. The van der Waals surface area contributed by atoms with Gasteiger partial charge in [0.15, 0.2) is 0 Å². The normalized spacial score (nSPS) is 19.8. The number of nitrogens with zero attached hydrogens (tertiary/aromatic N) is 2. The van der Waals surface area contributed by atoms with Crippen LogP contribution >= 0.6 is 0 Å². The van der Waals surface area contributed by atoms with Crippen LogP contribution in [0.3, 0.4) is 0 Å². The minimum absolute atomic E-state index is 0.0453. The largest absolute Gasteiger partial charge is 0.489 e. The second-order valence-corrected chi connectivity index (χ2v) is 5.83. The molecule has 0 bridgehead atoms. The lowest BCUT2D eigenvalue weighted by Crippen LogP contribution is -2.41. The van der Waals surface area contributed by atoms with Crippen LogP contribution in [0.1, 0.15) is 29.9 Å². The van der Waals surface area contributed by atoms with Crippen molar-refractivity contribution in [2.45, 2.75) is 25.2 Å². The number of hydrogen-bond acceptors (Lipinski definition) is 3. The number of anilines is 1. The molecule has 1 aliphatic carbocycles. The van der Waals surface area contributed by atoms with Gasteiger partial charge < -0.3 is 9.64 Å². The molecule has 4 heteroatoms. The summed E-state index contributed by atoms with van der Waals surface area (Å²) in [6.45, 7) is 1.13. The maximum absolute atomic E-state index is 13.1. The Morgan fingerprint density at radius 2 is 2.18 bits per heavy atom. The number of amides is 1. The molecule has 1 aromatic heterocycles. The predicted octanol–water partition coefficient (Wildman–Crippen LogP) is 2.93. The Labute approximate surface area is 129 Å². The van der Waals surface area contributed by atoms with Crippen molar-refractivity contribution in [3.05, 3.63) is 53.9 Å². The van der Waals surface area contributed by atoms with Gasteiger partial charge in [-0.3, -0.25) is 9.78 Å². The standard InChI is InChI=1S/C18H18N2O2/c21-18(15-7-3-5-13-4-1-2-6-14(13)15)20-10-11-22-17-8-9-19-12-16(17)20/h1-2,4,6,8-9,12,15H,3,5,7,10-11H2. The quantitative estimate of drug-likeness (QED) is 0.812. The molecule has 0 saturated carbocycles. The highest BCUT2D eigenvalue weighted by atomic mass is 16.5. The van der Waals surface area contributed by atoms with Crippen molar-refractivity contribution >= 4 is 11.6 Å². The van der Waals surface area contributed by atoms with Crippen LogP contribution in [0, 0.1) is 0 Å². The lowest BCUT2D eigenvalue weighted by Gasteiger charge is -2.34. The van der Waals surface area contributed by atoms with Crippen LogP contribution in [0.4, 0.5) is 5.69 Å². The van der Waals surface area contributed by atoms with Gasteiger partial charge in [0.1, 0.15) is 18.0 Å². The number of benzene rings is 1. The Kier molecular flexibility index (Phi) is 3.29. The van der Waals surface area contributed by atoms with Gasteiger partial charge in [0.05, 0.1) is 18.7 Å². The number of pyridine rings is 1. The highest BCUT2D eigenvalue weighted by Crippen LogP contribution is 2.37. The maximum Gasteiger partial charge on any atom is 0.234 e. The average Bonchev–Trinajstić information content (AvgIpc) is 2.60. The molecule has 1 aliphatic heterocycles. The Bertz CT molecular complexity index is 654. The Morgan fingerprint density at radius 3 is 3.14 bits per heavy atom. The number of carbonyl (C=O) groups excluding carboxylic acids is 1. The second kappa shape index (κ2) is 5.44. The lowest BCUT2D eigenvalue weighted by atomic mass is 9.82. The van der Waals surface area contributed by atoms with E-state index < -0.39 is 0 Å². The summed E-state index contributed by atoms with van der Waals surface area (Å²) in [7, 11) is 0. The second-order valence-electron chi connectivity index (χ2n) is 5.83. The smallest absolute Gasteiger partial charge is 0.234 e. The fraction of sp³-hybridized carbons (Fsp3) is 0.333. The van der Waals surface area contributed by atoms with Gasteiger partial charge in [-0.25, -0.2) is 0 Å². The number of ether oxygens (including phenoxy) is 1. The van der Waals surface area contributed by atoms with Gasteiger partial charge in [0.25, 0.3) is 0 Å². The number of aromatic nitrogens is 1. The first-order valence-corrected chi connectivity index (χ1v) is 7.80. The SMILES string of the molecule is O=C(C1CCCc2ccccc21)N1CCOc2ccncc21. The molecule has 0 N–H and O–H groups in total. The third kappa shape index (κ3) is 2.15. The van der Waals surface area contributed by atoms with Crippen molar-refractivity contribution < 1.29 is 9.53 Å². The molecule has 2 heterocycles. The van der Waals surface area contributed by atoms with Gasteiger partial charge in [-0.15, -0.1) is 0 Å². The molecule has 2 aliphatic rings. The molecule has 0 saturated heterocycles. The van der Waals surface area contributed by atoms with Crippen molar-refractivity contribution in [1.29, 1.82) is 0 Å². The molecule has 0 spiro atoms. The average molecular weight is 294 g/mol. The van der Waals surface area contributed by atoms with Gasteiger partial charge in [0, 0.05) is 12.3 Å². The van der Waals surface area contributed by atoms with Crippen LogP contribution < -0.4 is 9.64 Å². The summed E-state index contributed by atoms with van der Waals surface area (Å²) >= 11 is 0. The molecule has 1 atom stereocenters. The van der Waals surface area contributed by atoms with E-state index in [9.17, 15) is 4.79 Å². The summed E-state index contributed by atoms with van der Waals surface area (Å²) in [5.74, 6) is 0.875. The number of fused-ring (bicyclic) bond motifs is 2. The molecule has 2 aromatic rings. The summed E-state index contributed by atoms with van der Waals surface area (Å²) in [5, 5.41) is 0. The first kappa shape index (κ1) is 13.3.